The Kier molecular flexibility index (Phi) is 4.72. The molecule has 0 atom stereocenters. The molecule has 1 saturated heterocycles. The van der Waals surface area contributed by atoms with E-state index in [4.69, 9.17) is 21.0 Å². The number of hydrogen-bond acceptors (Lipinski definition) is 3. The second-order valence-corrected chi connectivity index (χ2v) is 8.03. The summed E-state index contributed by atoms with van der Waals surface area (Å²) in [5.74, 6) is 0.0365. The van der Waals surface area contributed by atoms with Crippen molar-refractivity contribution in [2.75, 3.05) is 13.1 Å². The van der Waals surface area contributed by atoms with Crippen molar-refractivity contribution in [1.82, 2.24) is 9.88 Å². The lowest BCUT2D eigenvalue weighted by Crippen LogP contribution is -2.36. The van der Waals surface area contributed by atoms with Gasteiger partial charge in [-0.1, -0.05) is 29.3 Å². The fraction of sp³-hybridized carbons (Fsp3) is 0.250. The first-order valence-electron chi connectivity index (χ1n) is 9.97. The van der Waals surface area contributed by atoms with E-state index in [-0.39, 0.29) is 5.91 Å². The van der Waals surface area contributed by atoms with E-state index in [1.807, 2.05) is 23.2 Å². The van der Waals surface area contributed by atoms with Crippen LogP contribution in [0.4, 0.5) is 0 Å². The number of benzene rings is 1. The number of carbonyl (C=O) groups is 1. The van der Waals surface area contributed by atoms with E-state index in [1.54, 1.807) is 12.3 Å². The van der Waals surface area contributed by atoms with Crippen molar-refractivity contribution in [3.8, 4) is 0 Å². The molecule has 1 fully saturated rings. The summed E-state index contributed by atoms with van der Waals surface area (Å²) < 4.78 is 5.07. The molecule has 3 heterocycles. The van der Waals surface area contributed by atoms with E-state index in [0.29, 0.717) is 18.7 Å². The summed E-state index contributed by atoms with van der Waals surface area (Å²) in [7, 11) is 0. The lowest BCUT2D eigenvalue weighted by Gasteiger charge is -2.30. The summed E-state index contributed by atoms with van der Waals surface area (Å²) in [6.45, 7) is 1.40. The lowest BCUT2D eigenvalue weighted by atomic mass is 9.88. The van der Waals surface area contributed by atoms with Crippen LogP contribution in [0, 0.1) is 0 Å². The molecule has 146 valence electrons. The largest absolute Gasteiger partial charge is 0.472 e. The Morgan fingerprint density at radius 2 is 1.86 bits per heavy atom. The van der Waals surface area contributed by atoms with Crippen LogP contribution in [0.3, 0.4) is 0 Å². The van der Waals surface area contributed by atoms with Crippen LogP contribution in [-0.4, -0.2) is 28.9 Å². The molecule has 1 aliphatic heterocycles. The molecule has 29 heavy (non-hydrogen) atoms. The van der Waals surface area contributed by atoms with Gasteiger partial charge in [0.25, 0.3) is 5.91 Å². The molecule has 0 spiro atoms. The Labute approximate surface area is 174 Å². The summed E-state index contributed by atoms with van der Waals surface area (Å²) in [6, 6.07) is 12.1. The van der Waals surface area contributed by atoms with Gasteiger partial charge < -0.3 is 9.32 Å². The van der Waals surface area contributed by atoms with Gasteiger partial charge in [-0.05, 0) is 66.6 Å². The number of amides is 1. The fourth-order valence-electron chi connectivity index (χ4n) is 4.43. The average Bonchev–Trinajstić information content (AvgIpc) is 3.24. The van der Waals surface area contributed by atoms with Crippen LogP contribution in [0.1, 0.15) is 45.6 Å². The highest BCUT2D eigenvalue weighted by Crippen LogP contribution is 2.38. The van der Waals surface area contributed by atoms with E-state index in [0.717, 1.165) is 36.4 Å². The molecule has 0 unspecified atom stereocenters. The van der Waals surface area contributed by atoms with Crippen molar-refractivity contribution in [2.45, 2.75) is 25.7 Å². The maximum absolute atomic E-state index is 12.7. The monoisotopic (exact) mass is 404 g/mol. The molecule has 2 aliphatic rings. The number of carbonyl (C=O) groups excluding carboxylic acids is 1. The van der Waals surface area contributed by atoms with E-state index >= 15 is 0 Å². The van der Waals surface area contributed by atoms with Crippen molar-refractivity contribution >= 4 is 23.1 Å². The van der Waals surface area contributed by atoms with Crippen molar-refractivity contribution in [3.63, 3.8) is 0 Å². The Morgan fingerprint density at radius 1 is 1.03 bits per heavy atom. The van der Waals surface area contributed by atoms with Crippen LogP contribution in [0.2, 0.25) is 5.02 Å². The van der Waals surface area contributed by atoms with Crippen molar-refractivity contribution in [2.24, 2.45) is 0 Å². The molecule has 2 aromatic heterocycles. The number of nitrogens with zero attached hydrogens (tertiary/aromatic N) is 2. The van der Waals surface area contributed by atoms with Crippen LogP contribution in [0.25, 0.3) is 5.57 Å². The van der Waals surface area contributed by atoms with Crippen LogP contribution < -0.4 is 0 Å². The van der Waals surface area contributed by atoms with Crippen molar-refractivity contribution in [3.05, 3.63) is 93.7 Å². The first-order valence-corrected chi connectivity index (χ1v) is 10.3. The minimum absolute atomic E-state index is 0.0365. The number of furan rings is 1. The first-order chi connectivity index (χ1) is 14.2. The molecular weight excluding hydrogens is 384 g/mol. The highest BCUT2D eigenvalue weighted by molar-refractivity contribution is 6.30. The predicted octanol–water partition coefficient (Wildman–Crippen LogP) is 5.16. The number of halogens is 1. The van der Waals surface area contributed by atoms with Crippen molar-refractivity contribution in [1.29, 1.82) is 0 Å². The van der Waals surface area contributed by atoms with E-state index < -0.39 is 0 Å². The smallest absolute Gasteiger partial charge is 0.257 e. The topological polar surface area (TPSA) is 46.3 Å². The molecule has 1 aliphatic carbocycles. The number of aromatic nitrogens is 1. The van der Waals surface area contributed by atoms with Gasteiger partial charge in [0, 0.05) is 29.9 Å². The van der Waals surface area contributed by atoms with Gasteiger partial charge in [-0.2, -0.15) is 0 Å². The number of piperidine rings is 1. The van der Waals surface area contributed by atoms with Gasteiger partial charge in [-0.15, -0.1) is 0 Å². The molecule has 0 N–H and O–H groups in total. The van der Waals surface area contributed by atoms with E-state index in [9.17, 15) is 4.79 Å². The minimum Gasteiger partial charge on any atom is -0.472 e. The van der Waals surface area contributed by atoms with Gasteiger partial charge in [-0.25, -0.2) is 0 Å². The van der Waals surface area contributed by atoms with Crippen LogP contribution in [0.15, 0.2) is 65.1 Å². The zero-order chi connectivity index (χ0) is 19.8. The second kappa shape index (κ2) is 7.53. The summed E-state index contributed by atoms with van der Waals surface area (Å²) in [5.41, 5.74) is 8.08. The van der Waals surface area contributed by atoms with Gasteiger partial charge in [0.05, 0.1) is 17.5 Å². The molecule has 5 heteroatoms. The van der Waals surface area contributed by atoms with Gasteiger partial charge >= 0.3 is 0 Å². The highest BCUT2D eigenvalue weighted by atomic mass is 35.5. The van der Waals surface area contributed by atoms with Crippen LogP contribution in [0.5, 0.6) is 0 Å². The average molecular weight is 405 g/mol. The van der Waals surface area contributed by atoms with Crippen LogP contribution >= 0.6 is 11.6 Å². The van der Waals surface area contributed by atoms with Gasteiger partial charge in [0.2, 0.25) is 0 Å². The summed E-state index contributed by atoms with van der Waals surface area (Å²) >= 11 is 6.29. The molecule has 1 aromatic carbocycles. The summed E-state index contributed by atoms with van der Waals surface area (Å²) in [5, 5.41) is 0.771. The fourth-order valence-corrected chi connectivity index (χ4v) is 4.63. The summed E-state index contributed by atoms with van der Waals surface area (Å²) in [4.78, 5) is 19.3. The van der Waals surface area contributed by atoms with E-state index in [1.165, 1.54) is 34.1 Å². The molecule has 1 amide bonds. The molecular formula is C24H21ClN2O2. The standard InChI is InChI=1S/C24H21ClN2O2/c25-20-5-6-21-18(14-20)4-3-17-2-1-10-26-23(17)22(21)16-7-11-27(12-8-16)24(28)19-9-13-29-15-19/h1-2,5-6,9-10,13-15H,3-4,7-8,11-12H2. The SMILES string of the molecule is O=C(c1ccoc1)N1CCC(=C2c3ccc(Cl)cc3CCc3cccnc32)CC1. The molecule has 5 rings (SSSR count). The quantitative estimate of drug-likeness (QED) is 0.562. The number of pyridine rings is 1. The van der Waals surface area contributed by atoms with Crippen LogP contribution in [-0.2, 0) is 12.8 Å². The van der Waals surface area contributed by atoms with Gasteiger partial charge in [-0.3, -0.25) is 9.78 Å². The zero-order valence-electron chi connectivity index (χ0n) is 16.0. The highest BCUT2D eigenvalue weighted by Gasteiger charge is 2.27. The Bertz CT molecular complexity index is 1090. The maximum atomic E-state index is 12.7. The molecule has 0 radical (unpaired) electrons. The Hall–Kier alpha value is -2.85. The number of aryl methyl sites for hydroxylation is 2. The van der Waals surface area contributed by atoms with Gasteiger partial charge in [0.1, 0.15) is 6.26 Å². The summed E-state index contributed by atoms with van der Waals surface area (Å²) in [6.07, 6.45) is 8.53. The number of fused-ring (bicyclic) bond motifs is 2. The zero-order valence-corrected chi connectivity index (χ0v) is 16.8. The normalized spacial score (nSPS) is 16.2. The first kappa shape index (κ1) is 18.2. The predicted molar refractivity (Wildman–Crippen MR) is 113 cm³/mol. The number of hydrogen-bond donors (Lipinski definition) is 0. The molecule has 4 nitrogen and oxygen atoms in total. The third-order valence-corrected chi connectivity index (χ3v) is 6.14. The molecule has 0 bridgehead atoms. The number of rotatable bonds is 1. The lowest BCUT2D eigenvalue weighted by molar-refractivity contribution is 0.0743. The molecule has 0 saturated carbocycles. The van der Waals surface area contributed by atoms with Crippen molar-refractivity contribution < 1.29 is 9.21 Å². The maximum Gasteiger partial charge on any atom is 0.257 e. The van der Waals surface area contributed by atoms with E-state index in [2.05, 4.69) is 18.2 Å². The number of likely N-dealkylation sites (tertiary alicyclic amines) is 1. The Balaban J connectivity index is 1.53. The van der Waals surface area contributed by atoms with Gasteiger partial charge in [0.15, 0.2) is 0 Å². The molecule has 3 aromatic rings. The third kappa shape index (κ3) is 3.38. The second-order valence-electron chi connectivity index (χ2n) is 7.60. The minimum atomic E-state index is 0.0365. The third-order valence-electron chi connectivity index (χ3n) is 5.90. The Morgan fingerprint density at radius 3 is 2.66 bits per heavy atom.